The average Bonchev–Trinajstić information content (AvgIpc) is 1.87. The molecule has 0 radical (unpaired) electrons. The lowest BCUT2D eigenvalue weighted by Crippen LogP contribution is -2.12. The summed E-state index contributed by atoms with van der Waals surface area (Å²) >= 11 is 0. The number of carbonyl (C=O) groups is 2. The monoisotopic (exact) mass is 153 g/mol. The molecule has 3 nitrogen and oxygen atoms in total. The van der Waals surface area contributed by atoms with Crippen molar-refractivity contribution in [3.8, 4) is 0 Å². The number of rotatable bonds is 2. The highest BCUT2D eigenvalue weighted by atomic mass is 16.6. The minimum atomic E-state index is -0.821. The highest BCUT2D eigenvalue weighted by molar-refractivity contribution is 6.00. The van der Waals surface area contributed by atoms with E-state index in [9.17, 15) is 9.59 Å². The quantitative estimate of drug-likeness (QED) is 0.257. The maximum Gasteiger partial charge on any atom is 0.495 e. The van der Waals surface area contributed by atoms with Gasteiger partial charge in [0.1, 0.15) is 0 Å². The number of ether oxygens (including phenoxy) is 1. The fourth-order valence-corrected chi connectivity index (χ4v) is 0.252. The van der Waals surface area contributed by atoms with E-state index >= 15 is 0 Å². The third kappa shape index (κ3) is 3.28. The van der Waals surface area contributed by atoms with Crippen LogP contribution in [0.4, 0.5) is 0 Å². The molecule has 3 heteroatoms. The Kier molecular flexibility index (Phi) is 3.15. The summed E-state index contributed by atoms with van der Waals surface area (Å²) in [7, 11) is 0. The molecule has 0 rings (SSSR count). The predicted molar refractivity (Wildman–Crippen MR) is 39.4 cm³/mol. The first kappa shape index (κ1) is 9.53. The molecular weight excluding hydrogens is 144 g/mol. The largest absolute Gasteiger partial charge is 0.495 e. The van der Waals surface area contributed by atoms with Crippen LogP contribution >= 0.6 is 0 Å². The van der Waals surface area contributed by atoms with Crippen molar-refractivity contribution >= 4 is 11.9 Å². The second kappa shape index (κ2) is 3.64. The molecule has 58 valence electrons. The molecule has 11 heavy (non-hydrogen) atoms. The SMILES string of the molecule is [CH+]=C(C)C(=O)OC(=O)C(=C)C. The van der Waals surface area contributed by atoms with Crippen molar-refractivity contribution in [2.45, 2.75) is 13.8 Å². The van der Waals surface area contributed by atoms with E-state index in [-0.39, 0.29) is 11.1 Å². The zero-order valence-electron chi connectivity index (χ0n) is 6.51. The topological polar surface area (TPSA) is 43.4 Å². The molecule has 0 unspecified atom stereocenters. The summed E-state index contributed by atoms with van der Waals surface area (Å²) in [6.07, 6.45) is 0. The molecule has 0 heterocycles. The molecule has 0 saturated carbocycles. The third-order valence-corrected chi connectivity index (χ3v) is 0.856. The number of hydrogen-bond donors (Lipinski definition) is 0. The first-order valence-electron chi connectivity index (χ1n) is 2.96. The van der Waals surface area contributed by atoms with E-state index < -0.39 is 11.9 Å². The lowest BCUT2D eigenvalue weighted by atomic mass is 10.3. The van der Waals surface area contributed by atoms with Crippen LogP contribution in [0, 0.1) is 6.58 Å². The summed E-state index contributed by atoms with van der Waals surface area (Å²) in [5, 5.41) is 0. The van der Waals surface area contributed by atoms with Gasteiger partial charge in [-0.2, -0.15) is 0 Å². The van der Waals surface area contributed by atoms with Crippen LogP contribution in [0.5, 0.6) is 0 Å². The highest BCUT2D eigenvalue weighted by Gasteiger charge is 2.20. The summed E-state index contributed by atoms with van der Waals surface area (Å²) < 4.78 is 4.23. The molecule has 0 spiro atoms. The van der Waals surface area contributed by atoms with E-state index in [4.69, 9.17) is 6.58 Å². The molecule has 0 atom stereocenters. The molecular formula is C8H9O3+. The van der Waals surface area contributed by atoms with Crippen molar-refractivity contribution in [1.82, 2.24) is 0 Å². The van der Waals surface area contributed by atoms with E-state index in [1.165, 1.54) is 13.8 Å². The summed E-state index contributed by atoms with van der Waals surface area (Å²) in [6.45, 7) is 11.1. The lowest BCUT2D eigenvalue weighted by molar-refractivity contribution is -0.153. The van der Waals surface area contributed by atoms with Crippen LogP contribution in [0.3, 0.4) is 0 Å². The zero-order valence-corrected chi connectivity index (χ0v) is 6.51. The van der Waals surface area contributed by atoms with Crippen molar-refractivity contribution in [3.63, 3.8) is 0 Å². The van der Waals surface area contributed by atoms with Crippen LogP contribution in [0.2, 0.25) is 0 Å². The smallest absolute Gasteiger partial charge is 0.288 e. The maximum atomic E-state index is 10.6. The van der Waals surface area contributed by atoms with Gasteiger partial charge in [0.05, 0.1) is 6.58 Å². The van der Waals surface area contributed by atoms with Crippen LogP contribution in [0.1, 0.15) is 13.8 Å². The number of carbonyl (C=O) groups excluding carboxylic acids is 2. The first-order valence-corrected chi connectivity index (χ1v) is 2.96. The lowest BCUT2D eigenvalue weighted by Gasteiger charge is -1.91. The molecule has 0 bridgehead atoms. The van der Waals surface area contributed by atoms with Crippen LogP contribution in [0.15, 0.2) is 17.7 Å². The van der Waals surface area contributed by atoms with Gasteiger partial charge in [-0.15, -0.1) is 4.79 Å². The van der Waals surface area contributed by atoms with Crippen LogP contribution in [-0.2, 0) is 14.3 Å². The molecule has 0 aromatic rings. The van der Waals surface area contributed by atoms with E-state index in [0.29, 0.717) is 0 Å². The molecule has 0 aromatic carbocycles. The summed E-state index contributed by atoms with van der Waals surface area (Å²) in [5.74, 6) is -1.57. The van der Waals surface area contributed by atoms with E-state index in [1.807, 2.05) is 0 Å². The first-order chi connectivity index (χ1) is 4.95. The highest BCUT2D eigenvalue weighted by Crippen LogP contribution is 1.97. The van der Waals surface area contributed by atoms with Gasteiger partial charge in [-0.25, -0.2) is 4.79 Å². The Hall–Kier alpha value is -1.47. The van der Waals surface area contributed by atoms with Crippen molar-refractivity contribution in [2.75, 3.05) is 0 Å². The molecule has 0 aromatic heterocycles. The predicted octanol–water partition coefficient (Wildman–Crippen LogP) is 1.01. The minimum absolute atomic E-state index is 0.0559. The standard InChI is InChI=1S/C8H9O3/c1-5(2)7(9)11-8(10)6(3)4/h1H,3H2,2,4H3/q+1. The molecule has 0 N–H and O–H groups in total. The van der Waals surface area contributed by atoms with Gasteiger partial charge in [0.15, 0.2) is 0 Å². The Bertz CT molecular complexity index is 201. The summed E-state index contributed by atoms with van der Waals surface area (Å²) in [6, 6.07) is 0. The van der Waals surface area contributed by atoms with Gasteiger partial charge in [0.2, 0.25) is 5.57 Å². The fraction of sp³-hybridized carbons (Fsp3) is 0.250. The van der Waals surface area contributed by atoms with Gasteiger partial charge in [0.25, 0.3) is 0 Å². The second-order valence-electron chi connectivity index (χ2n) is 2.14. The molecule has 0 fully saturated rings. The molecule has 0 aliphatic carbocycles. The Morgan fingerprint density at radius 3 is 2.00 bits per heavy atom. The van der Waals surface area contributed by atoms with Gasteiger partial charge in [-0.3, -0.25) is 4.74 Å². The Labute approximate surface area is 65.4 Å². The van der Waals surface area contributed by atoms with Crippen LogP contribution in [0.25, 0.3) is 0 Å². The van der Waals surface area contributed by atoms with Crippen molar-refractivity contribution < 1.29 is 14.3 Å². The van der Waals surface area contributed by atoms with Crippen molar-refractivity contribution in [1.29, 1.82) is 0 Å². The number of hydrogen-bond acceptors (Lipinski definition) is 3. The minimum Gasteiger partial charge on any atom is -0.288 e. The normalized spacial score (nSPS) is 8.45. The Morgan fingerprint density at radius 2 is 1.73 bits per heavy atom. The third-order valence-electron chi connectivity index (χ3n) is 0.856. The Balaban J connectivity index is 4.07. The summed E-state index contributed by atoms with van der Waals surface area (Å²) in [5.41, 5.74) is 0.110. The molecule has 0 saturated heterocycles. The number of esters is 2. The van der Waals surface area contributed by atoms with E-state index in [0.717, 1.165) is 0 Å². The van der Waals surface area contributed by atoms with Gasteiger partial charge in [-0.05, 0) is 6.92 Å². The Morgan fingerprint density at radius 1 is 1.27 bits per heavy atom. The zero-order chi connectivity index (χ0) is 9.02. The van der Waals surface area contributed by atoms with Gasteiger partial charge in [0, 0.05) is 12.5 Å². The van der Waals surface area contributed by atoms with Crippen LogP contribution < -0.4 is 0 Å². The molecule has 0 aliphatic rings. The van der Waals surface area contributed by atoms with E-state index in [1.54, 1.807) is 0 Å². The van der Waals surface area contributed by atoms with E-state index in [2.05, 4.69) is 11.3 Å². The van der Waals surface area contributed by atoms with Gasteiger partial charge in [-0.1, -0.05) is 6.58 Å². The van der Waals surface area contributed by atoms with Crippen LogP contribution in [-0.4, -0.2) is 11.9 Å². The van der Waals surface area contributed by atoms with Gasteiger partial charge < -0.3 is 0 Å². The second-order valence-corrected chi connectivity index (χ2v) is 2.14. The van der Waals surface area contributed by atoms with Gasteiger partial charge >= 0.3 is 11.9 Å². The molecule has 0 aliphatic heterocycles. The fourth-order valence-electron chi connectivity index (χ4n) is 0.252. The van der Waals surface area contributed by atoms with Crippen molar-refractivity contribution in [3.05, 3.63) is 24.3 Å². The average molecular weight is 153 g/mol. The summed E-state index contributed by atoms with van der Waals surface area (Å²) in [4.78, 5) is 21.3. The van der Waals surface area contributed by atoms with Crippen molar-refractivity contribution in [2.24, 2.45) is 0 Å². The molecule has 0 amide bonds. The maximum absolute atomic E-state index is 10.6.